The summed E-state index contributed by atoms with van der Waals surface area (Å²) >= 11 is 0. The smallest absolute Gasteiger partial charge is 0.242 e. The minimum atomic E-state index is -3.70. The fourth-order valence-corrected chi connectivity index (χ4v) is 4.27. The number of fused-ring (bicyclic) bond motifs is 1. The van der Waals surface area contributed by atoms with E-state index < -0.39 is 10.0 Å². The van der Waals surface area contributed by atoms with E-state index in [0.717, 1.165) is 25.9 Å². The fraction of sp³-hybridized carbons (Fsp3) is 0.571. The van der Waals surface area contributed by atoms with Crippen LogP contribution in [-0.2, 0) is 14.8 Å². The minimum Gasteiger partial charge on any atom is -0.384 e. The summed E-state index contributed by atoms with van der Waals surface area (Å²) in [4.78, 5) is 0.0813. The van der Waals surface area contributed by atoms with Crippen LogP contribution in [0.15, 0.2) is 27.7 Å². The van der Waals surface area contributed by atoms with Crippen LogP contribution in [0.3, 0.4) is 0 Å². The Bertz CT molecular complexity index is 762. The zero-order valence-corrected chi connectivity index (χ0v) is 13.7. The number of piperidine rings is 1. The lowest BCUT2D eigenvalue weighted by Gasteiger charge is -2.37. The predicted molar refractivity (Wildman–Crippen MR) is 83.4 cm³/mol. The highest BCUT2D eigenvalue weighted by molar-refractivity contribution is 7.89. The van der Waals surface area contributed by atoms with Gasteiger partial charge in [0.05, 0.1) is 6.61 Å². The molecule has 2 N–H and O–H groups in total. The van der Waals surface area contributed by atoms with Crippen LogP contribution in [0, 0.1) is 5.41 Å². The Morgan fingerprint density at radius 1 is 1.35 bits per heavy atom. The Labute approximate surface area is 134 Å². The van der Waals surface area contributed by atoms with Crippen LogP contribution in [0.4, 0.5) is 0 Å². The van der Waals surface area contributed by atoms with E-state index in [1.165, 1.54) is 6.07 Å². The number of hydrogen-bond acceptors (Lipinski definition) is 7. The molecule has 0 aliphatic carbocycles. The molecule has 2 aromatic rings. The summed E-state index contributed by atoms with van der Waals surface area (Å²) in [5.74, 6) is 0. The second-order valence-corrected chi connectivity index (χ2v) is 7.63. The molecule has 0 unspecified atom stereocenters. The van der Waals surface area contributed by atoms with Crippen molar-refractivity contribution in [2.75, 3.05) is 33.4 Å². The standard InChI is InChI=1S/C14H20N4O4S/c1-21-10-14(5-7-15-8-6-14)9-16-23(19,20)12-4-2-3-11-13(12)18-22-17-11/h2-4,15-16H,5-10H2,1H3. The zero-order chi connectivity index (χ0) is 16.3. The summed E-state index contributed by atoms with van der Waals surface area (Å²) in [6, 6.07) is 4.78. The van der Waals surface area contributed by atoms with Gasteiger partial charge in [-0.25, -0.2) is 17.8 Å². The van der Waals surface area contributed by atoms with Crippen molar-refractivity contribution >= 4 is 21.1 Å². The maximum absolute atomic E-state index is 12.7. The van der Waals surface area contributed by atoms with Gasteiger partial charge in [-0.1, -0.05) is 6.07 Å². The summed E-state index contributed by atoms with van der Waals surface area (Å²) in [5, 5.41) is 10.7. The molecule has 1 aliphatic rings. The number of sulfonamides is 1. The van der Waals surface area contributed by atoms with Gasteiger partial charge in [0.2, 0.25) is 10.0 Å². The molecule has 0 spiro atoms. The number of nitrogens with zero attached hydrogens (tertiary/aromatic N) is 2. The molecule has 0 atom stereocenters. The number of aromatic nitrogens is 2. The molecular weight excluding hydrogens is 320 g/mol. The SMILES string of the molecule is COCC1(CNS(=O)(=O)c2cccc3nonc23)CCNCC1. The van der Waals surface area contributed by atoms with Crippen LogP contribution in [0.25, 0.3) is 11.0 Å². The third kappa shape index (κ3) is 3.37. The summed E-state index contributed by atoms with van der Waals surface area (Å²) < 4.78 is 38.0. The Kier molecular flexibility index (Phi) is 4.62. The number of benzene rings is 1. The van der Waals surface area contributed by atoms with Crippen molar-refractivity contribution in [1.82, 2.24) is 20.4 Å². The first kappa shape index (κ1) is 16.3. The third-order valence-electron chi connectivity index (χ3n) is 4.29. The Hall–Kier alpha value is -1.55. The molecule has 1 fully saturated rings. The molecule has 1 aliphatic heterocycles. The van der Waals surface area contributed by atoms with Crippen LogP contribution in [-0.4, -0.2) is 52.1 Å². The van der Waals surface area contributed by atoms with E-state index in [-0.39, 0.29) is 15.8 Å². The van der Waals surface area contributed by atoms with Crippen molar-refractivity contribution in [3.63, 3.8) is 0 Å². The average Bonchev–Trinajstić information content (AvgIpc) is 3.03. The summed E-state index contributed by atoms with van der Waals surface area (Å²) in [6.07, 6.45) is 1.72. The number of rotatable bonds is 6. The van der Waals surface area contributed by atoms with Gasteiger partial charge in [-0.15, -0.1) is 0 Å². The van der Waals surface area contributed by atoms with Crippen molar-refractivity contribution in [2.24, 2.45) is 5.41 Å². The third-order valence-corrected chi connectivity index (χ3v) is 5.72. The second kappa shape index (κ2) is 6.52. The number of methoxy groups -OCH3 is 1. The van der Waals surface area contributed by atoms with Crippen LogP contribution >= 0.6 is 0 Å². The highest BCUT2D eigenvalue weighted by Gasteiger charge is 2.34. The lowest BCUT2D eigenvalue weighted by molar-refractivity contribution is 0.0577. The maximum atomic E-state index is 12.7. The van der Waals surface area contributed by atoms with Crippen LogP contribution in [0.1, 0.15) is 12.8 Å². The molecule has 0 saturated carbocycles. The molecule has 8 nitrogen and oxygen atoms in total. The van der Waals surface area contributed by atoms with Gasteiger partial charge in [0, 0.05) is 19.1 Å². The first-order chi connectivity index (χ1) is 11.1. The van der Waals surface area contributed by atoms with E-state index in [9.17, 15) is 8.42 Å². The molecular formula is C14H20N4O4S. The van der Waals surface area contributed by atoms with Crippen molar-refractivity contribution in [3.05, 3.63) is 18.2 Å². The van der Waals surface area contributed by atoms with Gasteiger partial charge < -0.3 is 10.1 Å². The Morgan fingerprint density at radius 2 is 2.13 bits per heavy atom. The molecule has 0 bridgehead atoms. The molecule has 9 heteroatoms. The Balaban J connectivity index is 1.82. The lowest BCUT2D eigenvalue weighted by atomic mass is 9.80. The largest absolute Gasteiger partial charge is 0.384 e. The van der Waals surface area contributed by atoms with E-state index in [1.807, 2.05) is 0 Å². The van der Waals surface area contributed by atoms with Gasteiger partial charge in [0.15, 0.2) is 5.52 Å². The monoisotopic (exact) mass is 340 g/mol. The number of hydrogen-bond donors (Lipinski definition) is 2. The molecule has 2 heterocycles. The van der Waals surface area contributed by atoms with E-state index in [4.69, 9.17) is 4.74 Å². The number of ether oxygens (including phenoxy) is 1. The normalized spacial score (nSPS) is 18.3. The first-order valence-corrected chi connectivity index (χ1v) is 8.95. The maximum Gasteiger partial charge on any atom is 0.242 e. The van der Waals surface area contributed by atoms with E-state index in [1.54, 1.807) is 19.2 Å². The van der Waals surface area contributed by atoms with Gasteiger partial charge in [-0.3, -0.25) is 0 Å². The first-order valence-electron chi connectivity index (χ1n) is 7.47. The average molecular weight is 340 g/mol. The quantitative estimate of drug-likeness (QED) is 0.789. The van der Waals surface area contributed by atoms with Crippen LogP contribution in [0.5, 0.6) is 0 Å². The van der Waals surface area contributed by atoms with Gasteiger partial charge in [-0.05, 0) is 48.4 Å². The number of nitrogens with one attached hydrogen (secondary N) is 2. The van der Waals surface area contributed by atoms with Gasteiger partial charge in [-0.2, -0.15) is 0 Å². The zero-order valence-electron chi connectivity index (χ0n) is 12.9. The highest BCUT2D eigenvalue weighted by Crippen LogP contribution is 2.29. The summed E-state index contributed by atoms with van der Waals surface area (Å²) in [5.41, 5.74) is 0.468. The van der Waals surface area contributed by atoms with Crippen molar-refractivity contribution in [1.29, 1.82) is 0 Å². The van der Waals surface area contributed by atoms with E-state index in [2.05, 4.69) is 25.0 Å². The summed E-state index contributed by atoms with van der Waals surface area (Å²) in [6.45, 7) is 2.56. The van der Waals surface area contributed by atoms with Crippen LogP contribution < -0.4 is 10.0 Å². The molecule has 0 radical (unpaired) electrons. The molecule has 1 saturated heterocycles. The lowest BCUT2D eigenvalue weighted by Crippen LogP contribution is -2.47. The predicted octanol–water partition coefficient (Wildman–Crippen LogP) is 0.517. The molecule has 1 aromatic heterocycles. The van der Waals surface area contributed by atoms with Gasteiger partial charge in [0.25, 0.3) is 0 Å². The molecule has 3 rings (SSSR count). The topological polar surface area (TPSA) is 106 Å². The summed E-state index contributed by atoms with van der Waals surface area (Å²) in [7, 11) is -2.06. The van der Waals surface area contributed by atoms with E-state index in [0.29, 0.717) is 18.7 Å². The second-order valence-electron chi connectivity index (χ2n) is 5.90. The Morgan fingerprint density at radius 3 is 2.87 bits per heavy atom. The van der Waals surface area contributed by atoms with Crippen LogP contribution in [0.2, 0.25) is 0 Å². The molecule has 23 heavy (non-hydrogen) atoms. The minimum absolute atomic E-state index is 0.0813. The fourth-order valence-electron chi connectivity index (χ4n) is 2.96. The highest BCUT2D eigenvalue weighted by atomic mass is 32.2. The van der Waals surface area contributed by atoms with Crippen molar-refractivity contribution in [3.8, 4) is 0 Å². The van der Waals surface area contributed by atoms with Gasteiger partial charge in [0.1, 0.15) is 10.4 Å². The molecule has 126 valence electrons. The molecule has 1 aromatic carbocycles. The van der Waals surface area contributed by atoms with Crippen molar-refractivity contribution in [2.45, 2.75) is 17.7 Å². The van der Waals surface area contributed by atoms with Crippen molar-refractivity contribution < 1.29 is 17.8 Å². The van der Waals surface area contributed by atoms with Gasteiger partial charge >= 0.3 is 0 Å². The molecule has 0 amide bonds. The van der Waals surface area contributed by atoms with E-state index >= 15 is 0 Å².